The van der Waals surface area contributed by atoms with E-state index in [0.717, 1.165) is 12.3 Å². The molecule has 1 fully saturated rings. The molecule has 1 heteroatoms. The minimum Gasteiger partial charge on any atom is -0.328 e. The summed E-state index contributed by atoms with van der Waals surface area (Å²) in [5.41, 5.74) is 5.93. The van der Waals surface area contributed by atoms with Crippen molar-refractivity contribution in [1.82, 2.24) is 0 Å². The summed E-state index contributed by atoms with van der Waals surface area (Å²) in [6.07, 6.45) is 12.6. The van der Waals surface area contributed by atoms with E-state index in [-0.39, 0.29) is 0 Å². The fraction of sp³-hybridized carbons (Fsp3) is 1.00. The van der Waals surface area contributed by atoms with Gasteiger partial charge < -0.3 is 5.73 Å². The van der Waals surface area contributed by atoms with Crippen LogP contribution in [-0.2, 0) is 0 Å². The van der Waals surface area contributed by atoms with Crippen molar-refractivity contribution >= 4 is 0 Å². The van der Waals surface area contributed by atoms with Crippen LogP contribution in [0.25, 0.3) is 0 Å². The number of nitrogens with two attached hydrogens (primary N) is 1. The molecule has 0 radical (unpaired) electrons. The van der Waals surface area contributed by atoms with Crippen molar-refractivity contribution in [3.8, 4) is 0 Å². The maximum absolute atomic E-state index is 5.93. The molecular weight excluding hydrogens is 158 g/mol. The molecule has 78 valence electrons. The number of rotatable bonds is 4. The highest BCUT2D eigenvalue weighted by atomic mass is 14.6. The molecule has 1 saturated carbocycles. The molecule has 0 bridgehead atoms. The molecule has 0 aromatic rings. The van der Waals surface area contributed by atoms with E-state index in [1.54, 1.807) is 0 Å². The maximum atomic E-state index is 5.93. The first-order chi connectivity index (χ1) is 6.33. The van der Waals surface area contributed by atoms with E-state index in [9.17, 15) is 0 Å². The Kier molecular flexibility index (Phi) is 5.45. The summed E-state index contributed by atoms with van der Waals surface area (Å²) in [6.45, 7) is 2.19. The van der Waals surface area contributed by atoms with Gasteiger partial charge >= 0.3 is 0 Å². The molecule has 0 saturated heterocycles. The quantitative estimate of drug-likeness (QED) is 0.663. The Morgan fingerprint density at radius 1 is 1.15 bits per heavy atom. The topological polar surface area (TPSA) is 26.0 Å². The predicted octanol–water partition coefficient (Wildman–Crippen LogP) is 3.47. The second-order valence-electron chi connectivity index (χ2n) is 4.60. The van der Waals surface area contributed by atoms with E-state index in [4.69, 9.17) is 5.73 Å². The molecule has 0 aliphatic heterocycles. The first-order valence-electron chi connectivity index (χ1n) is 6.08. The van der Waals surface area contributed by atoms with Crippen LogP contribution in [0.15, 0.2) is 0 Å². The van der Waals surface area contributed by atoms with E-state index in [1.165, 1.54) is 51.4 Å². The Bertz CT molecular complexity index is 114. The van der Waals surface area contributed by atoms with Crippen LogP contribution in [0.5, 0.6) is 0 Å². The molecule has 0 aromatic heterocycles. The third-order valence-electron chi connectivity index (χ3n) is 3.44. The third kappa shape index (κ3) is 4.66. The fourth-order valence-corrected chi connectivity index (χ4v) is 2.31. The van der Waals surface area contributed by atoms with Gasteiger partial charge in [0.2, 0.25) is 0 Å². The van der Waals surface area contributed by atoms with Crippen LogP contribution in [0.2, 0.25) is 0 Å². The van der Waals surface area contributed by atoms with E-state index in [0.29, 0.717) is 6.04 Å². The van der Waals surface area contributed by atoms with Gasteiger partial charge in [-0.05, 0) is 25.2 Å². The Morgan fingerprint density at radius 2 is 1.77 bits per heavy atom. The van der Waals surface area contributed by atoms with Crippen molar-refractivity contribution in [2.45, 2.75) is 70.8 Å². The molecule has 0 spiro atoms. The Labute approximate surface area is 83.1 Å². The minimum atomic E-state index is 0.461. The molecule has 1 rings (SSSR count). The summed E-state index contributed by atoms with van der Waals surface area (Å²) >= 11 is 0. The Hall–Kier alpha value is -0.0400. The lowest BCUT2D eigenvalue weighted by atomic mass is 9.93. The average molecular weight is 183 g/mol. The standard InChI is InChI=1S/C12H25N/c1-2-12(13)10-9-11-7-5-3-4-6-8-11/h11-12H,2-10,13H2,1H3. The first-order valence-corrected chi connectivity index (χ1v) is 6.08. The Morgan fingerprint density at radius 3 is 2.31 bits per heavy atom. The van der Waals surface area contributed by atoms with Crippen molar-refractivity contribution in [3.05, 3.63) is 0 Å². The lowest BCUT2D eigenvalue weighted by molar-refractivity contribution is 0.393. The largest absolute Gasteiger partial charge is 0.328 e. The van der Waals surface area contributed by atoms with Crippen LogP contribution >= 0.6 is 0 Å². The molecule has 1 aliphatic carbocycles. The highest BCUT2D eigenvalue weighted by molar-refractivity contribution is 4.68. The molecule has 0 aromatic carbocycles. The Balaban J connectivity index is 2.11. The van der Waals surface area contributed by atoms with Gasteiger partial charge in [-0.25, -0.2) is 0 Å². The van der Waals surface area contributed by atoms with Gasteiger partial charge in [-0.1, -0.05) is 45.4 Å². The molecule has 0 heterocycles. The summed E-state index contributed by atoms with van der Waals surface area (Å²) in [4.78, 5) is 0. The first kappa shape index (κ1) is 11.0. The molecular formula is C12H25N. The van der Waals surface area contributed by atoms with Crippen molar-refractivity contribution in [1.29, 1.82) is 0 Å². The van der Waals surface area contributed by atoms with Crippen molar-refractivity contribution in [2.75, 3.05) is 0 Å². The summed E-state index contributed by atoms with van der Waals surface area (Å²) < 4.78 is 0. The lowest BCUT2D eigenvalue weighted by Gasteiger charge is -2.16. The molecule has 1 atom stereocenters. The van der Waals surface area contributed by atoms with Crippen molar-refractivity contribution < 1.29 is 0 Å². The number of hydrogen-bond donors (Lipinski definition) is 1. The maximum Gasteiger partial charge on any atom is 0.00363 e. The molecule has 1 aliphatic rings. The highest BCUT2D eigenvalue weighted by Gasteiger charge is 2.12. The lowest BCUT2D eigenvalue weighted by Crippen LogP contribution is -2.19. The summed E-state index contributed by atoms with van der Waals surface area (Å²) in [5.74, 6) is 1.00. The van der Waals surface area contributed by atoms with Gasteiger partial charge in [-0.15, -0.1) is 0 Å². The minimum absolute atomic E-state index is 0.461. The summed E-state index contributed by atoms with van der Waals surface area (Å²) in [6, 6.07) is 0.461. The molecule has 1 nitrogen and oxygen atoms in total. The van der Waals surface area contributed by atoms with Crippen LogP contribution < -0.4 is 5.73 Å². The van der Waals surface area contributed by atoms with E-state index in [1.807, 2.05) is 0 Å². The predicted molar refractivity (Wildman–Crippen MR) is 58.7 cm³/mol. The third-order valence-corrected chi connectivity index (χ3v) is 3.44. The van der Waals surface area contributed by atoms with Crippen LogP contribution in [0.1, 0.15) is 64.7 Å². The summed E-state index contributed by atoms with van der Waals surface area (Å²) in [7, 11) is 0. The van der Waals surface area contributed by atoms with E-state index < -0.39 is 0 Å². The van der Waals surface area contributed by atoms with Crippen LogP contribution in [0.4, 0.5) is 0 Å². The van der Waals surface area contributed by atoms with Gasteiger partial charge in [0.25, 0.3) is 0 Å². The van der Waals surface area contributed by atoms with Gasteiger partial charge in [0.05, 0.1) is 0 Å². The second kappa shape index (κ2) is 6.42. The van der Waals surface area contributed by atoms with Crippen LogP contribution in [-0.4, -0.2) is 6.04 Å². The molecule has 1 unspecified atom stereocenters. The average Bonchev–Trinajstić information content (AvgIpc) is 2.42. The van der Waals surface area contributed by atoms with E-state index >= 15 is 0 Å². The SMILES string of the molecule is CCC(N)CCC1CCCCCC1. The highest BCUT2D eigenvalue weighted by Crippen LogP contribution is 2.26. The zero-order valence-electron chi connectivity index (χ0n) is 9.10. The smallest absolute Gasteiger partial charge is 0.00363 e. The van der Waals surface area contributed by atoms with Crippen molar-refractivity contribution in [2.24, 2.45) is 11.7 Å². The molecule has 0 amide bonds. The second-order valence-corrected chi connectivity index (χ2v) is 4.60. The van der Waals surface area contributed by atoms with Gasteiger partial charge in [0.15, 0.2) is 0 Å². The molecule has 13 heavy (non-hydrogen) atoms. The van der Waals surface area contributed by atoms with Crippen LogP contribution in [0, 0.1) is 5.92 Å². The zero-order valence-corrected chi connectivity index (χ0v) is 9.10. The zero-order chi connectivity index (χ0) is 9.52. The number of hydrogen-bond acceptors (Lipinski definition) is 1. The van der Waals surface area contributed by atoms with E-state index in [2.05, 4.69) is 6.92 Å². The van der Waals surface area contributed by atoms with Crippen LogP contribution in [0.3, 0.4) is 0 Å². The van der Waals surface area contributed by atoms with Gasteiger partial charge in [-0.2, -0.15) is 0 Å². The van der Waals surface area contributed by atoms with Gasteiger partial charge in [0.1, 0.15) is 0 Å². The fourth-order valence-electron chi connectivity index (χ4n) is 2.31. The van der Waals surface area contributed by atoms with Gasteiger partial charge in [-0.3, -0.25) is 0 Å². The molecule has 2 N–H and O–H groups in total. The normalized spacial score (nSPS) is 22.6. The van der Waals surface area contributed by atoms with Gasteiger partial charge in [0, 0.05) is 6.04 Å². The monoisotopic (exact) mass is 183 g/mol. The van der Waals surface area contributed by atoms with Crippen molar-refractivity contribution in [3.63, 3.8) is 0 Å². The summed E-state index contributed by atoms with van der Waals surface area (Å²) in [5, 5.41) is 0.